The molecule has 42 valence electrons. The van der Waals surface area contributed by atoms with Gasteiger partial charge in [-0.1, -0.05) is 12.2 Å². The standard InChI is InChI=1S/C7H9N/c1-2-7-3-6(1)4-8-5-7/h1-2,4,6-7H,3,5H2. The SMILES string of the molecule is C1=CC2CN=CC1C2. The van der Waals surface area contributed by atoms with Crippen LogP contribution in [0.1, 0.15) is 6.42 Å². The van der Waals surface area contributed by atoms with Crippen molar-refractivity contribution < 1.29 is 0 Å². The molecular formula is C7H9N. The third-order valence-corrected chi connectivity index (χ3v) is 1.84. The van der Waals surface area contributed by atoms with E-state index in [1.165, 1.54) is 6.42 Å². The van der Waals surface area contributed by atoms with Gasteiger partial charge in [0.25, 0.3) is 0 Å². The van der Waals surface area contributed by atoms with Crippen LogP contribution in [0.3, 0.4) is 0 Å². The second-order valence-corrected chi connectivity index (χ2v) is 2.56. The van der Waals surface area contributed by atoms with Crippen molar-refractivity contribution in [3.05, 3.63) is 12.2 Å². The summed E-state index contributed by atoms with van der Waals surface area (Å²) in [5, 5.41) is 0. The highest BCUT2D eigenvalue weighted by Gasteiger charge is 2.19. The van der Waals surface area contributed by atoms with E-state index in [2.05, 4.69) is 23.4 Å². The smallest absolute Gasteiger partial charge is 0.0448 e. The summed E-state index contributed by atoms with van der Waals surface area (Å²) in [5.41, 5.74) is 0. The Morgan fingerprint density at radius 1 is 1.38 bits per heavy atom. The zero-order valence-electron chi connectivity index (χ0n) is 4.75. The molecule has 0 aromatic carbocycles. The summed E-state index contributed by atoms with van der Waals surface area (Å²) < 4.78 is 0. The summed E-state index contributed by atoms with van der Waals surface area (Å²) in [6.07, 6.45) is 7.95. The van der Waals surface area contributed by atoms with Crippen molar-refractivity contribution in [2.24, 2.45) is 16.8 Å². The van der Waals surface area contributed by atoms with E-state index >= 15 is 0 Å². The maximum atomic E-state index is 4.21. The highest BCUT2D eigenvalue weighted by Crippen LogP contribution is 2.25. The average molecular weight is 107 g/mol. The number of aliphatic imine (C=N–C) groups is 1. The number of allylic oxidation sites excluding steroid dienone is 1. The maximum absolute atomic E-state index is 4.21. The third-order valence-electron chi connectivity index (χ3n) is 1.84. The Balaban J connectivity index is 2.28. The van der Waals surface area contributed by atoms with Crippen molar-refractivity contribution in [2.75, 3.05) is 6.54 Å². The van der Waals surface area contributed by atoms with Gasteiger partial charge in [-0.3, -0.25) is 4.99 Å². The minimum Gasteiger partial charge on any atom is -0.296 e. The monoisotopic (exact) mass is 107 g/mol. The molecule has 0 radical (unpaired) electrons. The van der Waals surface area contributed by atoms with Crippen molar-refractivity contribution >= 4 is 6.21 Å². The number of fused-ring (bicyclic) bond motifs is 2. The van der Waals surface area contributed by atoms with E-state index in [1.807, 2.05) is 0 Å². The second-order valence-electron chi connectivity index (χ2n) is 2.56. The lowest BCUT2D eigenvalue weighted by atomic mass is 10.0. The van der Waals surface area contributed by atoms with Gasteiger partial charge in [0.05, 0.1) is 0 Å². The molecule has 0 aromatic heterocycles. The lowest BCUT2D eigenvalue weighted by molar-refractivity contribution is 0.585. The van der Waals surface area contributed by atoms with Crippen LogP contribution in [0, 0.1) is 11.8 Å². The average Bonchev–Trinajstić information content (AvgIpc) is 2.12. The van der Waals surface area contributed by atoms with Crippen molar-refractivity contribution in [3.63, 3.8) is 0 Å². The zero-order valence-corrected chi connectivity index (χ0v) is 4.75. The molecular weight excluding hydrogens is 98.1 g/mol. The van der Waals surface area contributed by atoms with Gasteiger partial charge in [-0.25, -0.2) is 0 Å². The fraction of sp³-hybridized carbons (Fsp3) is 0.571. The first-order valence-corrected chi connectivity index (χ1v) is 3.13. The van der Waals surface area contributed by atoms with E-state index in [1.54, 1.807) is 0 Å². The molecule has 0 amide bonds. The molecule has 1 heterocycles. The summed E-state index contributed by atoms with van der Waals surface area (Å²) in [6.45, 7) is 1.03. The van der Waals surface area contributed by atoms with E-state index < -0.39 is 0 Å². The number of rotatable bonds is 0. The van der Waals surface area contributed by atoms with Gasteiger partial charge in [-0.15, -0.1) is 0 Å². The molecule has 2 aliphatic rings. The zero-order chi connectivity index (χ0) is 5.40. The summed E-state index contributed by atoms with van der Waals surface area (Å²) in [4.78, 5) is 4.21. The summed E-state index contributed by atoms with van der Waals surface area (Å²) in [5.74, 6) is 1.47. The maximum Gasteiger partial charge on any atom is 0.0448 e. The van der Waals surface area contributed by atoms with Gasteiger partial charge in [-0.05, 0) is 12.3 Å². The van der Waals surface area contributed by atoms with E-state index in [0.717, 1.165) is 12.5 Å². The predicted octanol–water partition coefficient (Wildman–Crippen LogP) is 1.26. The molecule has 0 aromatic rings. The lowest BCUT2D eigenvalue weighted by Gasteiger charge is -2.10. The van der Waals surface area contributed by atoms with Crippen LogP contribution in [0.2, 0.25) is 0 Å². The molecule has 0 spiro atoms. The van der Waals surface area contributed by atoms with Gasteiger partial charge in [0.15, 0.2) is 0 Å². The Kier molecular flexibility index (Phi) is 0.775. The molecule has 2 atom stereocenters. The molecule has 2 unspecified atom stereocenters. The van der Waals surface area contributed by atoms with E-state index in [9.17, 15) is 0 Å². The molecule has 8 heavy (non-hydrogen) atoms. The van der Waals surface area contributed by atoms with Gasteiger partial charge in [-0.2, -0.15) is 0 Å². The van der Waals surface area contributed by atoms with Gasteiger partial charge in [0.2, 0.25) is 0 Å². The Bertz CT molecular complexity index is 144. The molecule has 0 saturated heterocycles. The number of hydrogen-bond donors (Lipinski definition) is 0. The largest absolute Gasteiger partial charge is 0.296 e. The minimum atomic E-state index is 0.689. The van der Waals surface area contributed by atoms with Crippen LogP contribution in [0.5, 0.6) is 0 Å². The Morgan fingerprint density at radius 3 is 3.12 bits per heavy atom. The van der Waals surface area contributed by atoms with Crippen molar-refractivity contribution in [3.8, 4) is 0 Å². The molecule has 0 fully saturated rings. The molecule has 1 aliphatic carbocycles. The van der Waals surface area contributed by atoms with Gasteiger partial charge >= 0.3 is 0 Å². The summed E-state index contributed by atoms with van der Waals surface area (Å²) in [7, 11) is 0. The number of nitrogens with zero attached hydrogens (tertiary/aromatic N) is 1. The topological polar surface area (TPSA) is 12.4 Å². The molecule has 2 rings (SSSR count). The van der Waals surface area contributed by atoms with Crippen LogP contribution >= 0.6 is 0 Å². The van der Waals surface area contributed by atoms with Crippen LogP contribution in [0.15, 0.2) is 17.1 Å². The van der Waals surface area contributed by atoms with Crippen molar-refractivity contribution in [2.45, 2.75) is 6.42 Å². The fourth-order valence-electron chi connectivity index (χ4n) is 1.38. The third kappa shape index (κ3) is 0.507. The molecule has 1 aliphatic heterocycles. The first-order valence-electron chi connectivity index (χ1n) is 3.13. The van der Waals surface area contributed by atoms with Gasteiger partial charge < -0.3 is 0 Å². The normalized spacial score (nSPS) is 41.0. The lowest BCUT2D eigenvalue weighted by Crippen LogP contribution is -2.08. The summed E-state index contributed by atoms with van der Waals surface area (Å²) >= 11 is 0. The minimum absolute atomic E-state index is 0.689. The molecule has 1 nitrogen and oxygen atoms in total. The van der Waals surface area contributed by atoms with Crippen LogP contribution in [-0.2, 0) is 0 Å². The van der Waals surface area contributed by atoms with Crippen LogP contribution in [-0.4, -0.2) is 12.8 Å². The first-order chi connectivity index (χ1) is 3.95. The summed E-state index contributed by atoms with van der Waals surface area (Å²) in [6, 6.07) is 0. The quantitative estimate of drug-likeness (QED) is 0.413. The van der Waals surface area contributed by atoms with Crippen LogP contribution < -0.4 is 0 Å². The van der Waals surface area contributed by atoms with E-state index in [0.29, 0.717) is 5.92 Å². The number of hydrogen-bond acceptors (Lipinski definition) is 1. The van der Waals surface area contributed by atoms with E-state index in [-0.39, 0.29) is 0 Å². The van der Waals surface area contributed by atoms with E-state index in [4.69, 9.17) is 0 Å². The van der Waals surface area contributed by atoms with Crippen molar-refractivity contribution in [1.82, 2.24) is 0 Å². The van der Waals surface area contributed by atoms with Crippen LogP contribution in [0.4, 0.5) is 0 Å². The first kappa shape index (κ1) is 4.30. The fourth-order valence-corrected chi connectivity index (χ4v) is 1.38. The molecule has 0 N–H and O–H groups in total. The van der Waals surface area contributed by atoms with Crippen molar-refractivity contribution in [1.29, 1.82) is 0 Å². The molecule has 1 heteroatoms. The van der Waals surface area contributed by atoms with Crippen LogP contribution in [0.25, 0.3) is 0 Å². The Labute approximate surface area is 49.1 Å². The van der Waals surface area contributed by atoms with Gasteiger partial charge in [0.1, 0.15) is 0 Å². The molecule has 0 saturated carbocycles. The molecule has 2 bridgehead atoms. The highest BCUT2D eigenvalue weighted by molar-refractivity contribution is 5.65. The Hall–Kier alpha value is -0.590. The van der Waals surface area contributed by atoms with Gasteiger partial charge in [0, 0.05) is 18.7 Å². The predicted molar refractivity (Wildman–Crippen MR) is 34.1 cm³/mol. The second kappa shape index (κ2) is 1.44. The highest BCUT2D eigenvalue weighted by atomic mass is 14.7. The Morgan fingerprint density at radius 2 is 2.38 bits per heavy atom.